The molecule has 4 aromatic carbocycles. The van der Waals surface area contributed by atoms with Crippen LogP contribution in [0.2, 0.25) is 0 Å². The molecular weight excluding hydrogens is 723 g/mol. The molecule has 298 valence electrons. The number of aromatic hydroxyl groups is 4. The number of ether oxygens (including phenoxy) is 2. The number of dihydropyridines is 1. The van der Waals surface area contributed by atoms with Crippen LogP contribution in [-0.2, 0) is 24.1 Å². The summed E-state index contributed by atoms with van der Waals surface area (Å²) in [4.78, 5) is 18.4. The second kappa shape index (κ2) is 17.0. The number of benzene rings is 4. The highest BCUT2D eigenvalue weighted by atomic mass is 16.5. The zero-order valence-electron chi connectivity index (χ0n) is 32.3. The minimum absolute atomic E-state index is 0.0153. The number of aliphatic hydroxyl groups excluding tert-OH is 1. The molecule has 0 bridgehead atoms. The summed E-state index contributed by atoms with van der Waals surface area (Å²) in [7, 11) is 2.90. The van der Waals surface area contributed by atoms with Crippen molar-refractivity contribution in [3.63, 3.8) is 0 Å². The lowest BCUT2D eigenvalue weighted by molar-refractivity contribution is -0.133. The molecule has 1 aliphatic heterocycles. The molecule has 0 spiro atoms. The number of methoxy groups -OCH3 is 2. The van der Waals surface area contributed by atoms with Crippen molar-refractivity contribution in [1.82, 2.24) is 10.3 Å². The normalized spacial score (nSPS) is 19.0. The fraction of sp³-hybridized carbons (Fsp3) is 0.326. The van der Waals surface area contributed by atoms with E-state index in [1.165, 1.54) is 20.3 Å². The van der Waals surface area contributed by atoms with E-state index in [4.69, 9.17) is 9.47 Å². The second-order valence-electron chi connectivity index (χ2n) is 15.2. The number of aliphatic hydroxyl groups is 1. The van der Waals surface area contributed by atoms with Crippen molar-refractivity contribution >= 4 is 22.2 Å². The fourth-order valence-electron chi connectivity index (χ4n) is 9.10. The van der Waals surface area contributed by atoms with Gasteiger partial charge in [0.15, 0.2) is 23.0 Å². The first kappa shape index (κ1) is 39.2. The molecule has 1 saturated carbocycles. The number of ketones is 1. The molecule has 11 heteroatoms. The van der Waals surface area contributed by atoms with Gasteiger partial charge < -0.3 is 50.6 Å². The molecule has 1 aromatic heterocycles. The molecule has 4 atom stereocenters. The molecule has 1 aliphatic carbocycles. The number of anilines is 1. The first-order valence-corrected chi connectivity index (χ1v) is 19.5. The van der Waals surface area contributed by atoms with Crippen LogP contribution >= 0.6 is 0 Å². The Morgan fingerprint density at radius 2 is 1.68 bits per heavy atom. The Bertz CT molecular complexity index is 2280. The number of Topliss-reactive ketones (excluding diaryl/α,β-unsaturated/α-hetero) is 1. The number of allylic oxidation sites excluding steroid dienone is 2. The summed E-state index contributed by atoms with van der Waals surface area (Å²) in [6.07, 6.45) is 9.37. The Hall–Kier alpha value is -6.07. The van der Waals surface area contributed by atoms with Gasteiger partial charge in [-0.1, -0.05) is 30.7 Å². The van der Waals surface area contributed by atoms with Crippen LogP contribution in [-0.4, -0.2) is 63.2 Å². The van der Waals surface area contributed by atoms with Crippen molar-refractivity contribution in [2.24, 2.45) is 17.3 Å². The Kier molecular flexibility index (Phi) is 11.7. The number of H-pyrrole nitrogens is 1. The van der Waals surface area contributed by atoms with Crippen LogP contribution in [0.4, 0.5) is 5.69 Å². The number of aromatic amines is 1. The Balaban J connectivity index is 1.27. The summed E-state index contributed by atoms with van der Waals surface area (Å²) in [5.74, 6) is -0.0767. The van der Waals surface area contributed by atoms with Gasteiger partial charge in [-0.2, -0.15) is 0 Å². The van der Waals surface area contributed by atoms with E-state index in [2.05, 4.69) is 33.8 Å². The van der Waals surface area contributed by atoms with E-state index in [1.807, 2.05) is 36.5 Å². The number of carbonyl (C=O) groups excluding carboxylic acids is 1. The van der Waals surface area contributed by atoms with Crippen LogP contribution in [0.3, 0.4) is 0 Å². The molecule has 0 unspecified atom stereocenters. The number of rotatable bonds is 16. The predicted octanol–water partition coefficient (Wildman–Crippen LogP) is 7.63. The summed E-state index contributed by atoms with van der Waals surface area (Å²) in [5, 5.41) is 62.3. The van der Waals surface area contributed by atoms with E-state index in [0.717, 1.165) is 52.0 Å². The highest BCUT2D eigenvalue weighted by Gasteiger charge is 2.55. The van der Waals surface area contributed by atoms with Crippen molar-refractivity contribution in [2.45, 2.75) is 57.5 Å². The Labute approximate surface area is 332 Å². The molecule has 8 N–H and O–H groups in total. The minimum Gasteiger partial charge on any atom is -0.508 e. The Morgan fingerprint density at radius 3 is 2.47 bits per heavy atom. The molecular formula is C46H51N3O8. The molecule has 57 heavy (non-hydrogen) atoms. The Morgan fingerprint density at radius 1 is 0.895 bits per heavy atom. The van der Waals surface area contributed by atoms with E-state index >= 15 is 4.79 Å². The summed E-state index contributed by atoms with van der Waals surface area (Å²) in [6.45, 7) is 0.517. The number of phenols is 4. The summed E-state index contributed by atoms with van der Waals surface area (Å²) in [5.41, 5.74) is 3.68. The van der Waals surface area contributed by atoms with Crippen molar-refractivity contribution in [1.29, 1.82) is 0 Å². The third-order valence-corrected chi connectivity index (χ3v) is 11.8. The molecule has 1 fully saturated rings. The molecule has 0 amide bonds. The lowest BCUT2D eigenvalue weighted by Gasteiger charge is -2.46. The van der Waals surface area contributed by atoms with Crippen LogP contribution in [0, 0.1) is 17.3 Å². The van der Waals surface area contributed by atoms with Crippen LogP contribution < -0.4 is 20.1 Å². The summed E-state index contributed by atoms with van der Waals surface area (Å²) < 4.78 is 10.6. The topological polar surface area (TPSA) is 177 Å². The van der Waals surface area contributed by atoms with Gasteiger partial charge in [0.25, 0.3) is 0 Å². The van der Waals surface area contributed by atoms with E-state index < -0.39 is 17.4 Å². The van der Waals surface area contributed by atoms with Crippen molar-refractivity contribution in [2.75, 3.05) is 26.1 Å². The van der Waals surface area contributed by atoms with Crippen molar-refractivity contribution in [3.8, 4) is 34.5 Å². The maximum atomic E-state index is 15.1. The predicted molar refractivity (Wildman–Crippen MR) is 220 cm³/mol. The quantitative estimate of drug-likeness (QED) is 0.0466. The van der Waals surface area contributed by atoms with Crippen molar-refractivity contribution < 1.29 is 39.8 Å². The monoisotopic (exact) mass is 773 g/mol. The number of nitrogens with one attached hydrogen (secondary N) is 3. The zero-order valence-corrected chi connectivity index (χ0v) is 32.3. The fourth-order valence-corrected chi connectivity index (χ4v) is 9.10. The number of fused-ring (bicyclic) bond motifs is 1. The smallest absolute Gasteiger partial charge is 0.200 e. The van der Waals surface area contributed by atoms with E-state index in [1.54, 1.807) is 36.4 Å². The SMILES string of the molecule is COc1cc(CC[C@@H](O)[C@H](C(=O)CCc2cc(O)c(O)c(OC)c2)[C@]2(C3=CCNC(Nc4ccc5cc(O)ccc5c4)=C3)CCC[C@@H]2Cc2ccc[nH]2)ccc1O. The third-order valence-electron chi connectivity index (χ3n) is 11.8. The molecule has 11 nitrogen and oxygen atoms in total. The first-order valence-electron chi connectivity index (χ1n) is 19.5. The molecule has 7 rings (SSSR count). The second-order valence-corrected chi connectivity index (χ2v) is 15.2. The molecule has 5 aromatic rings. The molecule has 0 saturated heterocycles. The largest absolute Gasteiger partial charge is 0.508 e. The average molecular weight is 774 g/mol. The highest BCUT2D eigenvalue weighted by molar-refractivity contribution is 5.87. The van der Waals surface area contributed by atoms with Crippen LogP contribution in [0.25, 0.3) is 10.8 Å². The van der Waals surface area contributed by atoms with Crippen molar-refractivity contribution in [3.05, 3.63) is 125 Å². The van der Waals surface area contributed by atoms with Crippen LogP contribution in [0.1, 0.15) is 48.9 Å². The number of carbonyl (C=O) groups is 1. The highest BCUT2D eigenvalue weighted by Crippen LogP contribution is 2.57. The van der Waals surface area contributed by atoms with Gasteiger partial charge in [0, 0.05) is 36.0 Å². The standard InChI is InChI=1S/C46H51N3O8/c1-56-41-22-28(7-14-37(41)51)8-15-38(52)44(39(53)16-9-29-21-40(54)45(55)42(23-29)57-2)46(18-3-5-32(46)26-34-6-4-19-47-34)33-17-20-48-43(27-33)49-35-12-10-31-25-36(50)13-11-30(31)24-35/h4,6-7,10-14,17,19,21-25,27,32,38,44,47-52,54-55H,3,5,8-9,15-16,18,20,26H2,1-2H3/t32-,38-,44-,46-/m1/s1. The van der Waals surface area contributed by atoms with E-state index in [0.29, 0.717) is 43.5 Å². The van der Waals surface area contributed by atoms with Gasteiger partial charge in [0.1, 0.15) is 17.4 Å². The zero-order chi connectivity index (χ0) is 40.1. The number of aromatic nitrogens is 1. The number of phenolic OH excluding ortho intramolecular Hbond substituents is 4. The van der Waals surface area contributed by atoms with Crippen LogP contribution in [0.15, 0.2) is 109 Å². The third kappa shape index (κ3) is 8.39. The lowest BCUT2D eigenvalue weighted by atomic mass is 9.58. The van der Waals surface area contributed by atoms with E-state index in [-0.39, 0.29) is 53.3 Å². The summed E-state index contributed by atoms with van der Waals surface area (Å²) in [6, 6.07) is 23.5. The lowest BCUT2D eigenvalue weighted by Crippen LogP contribution is -2.48. The van der Waals surface area contributed by atoms with Gasteiger partial charge in [-0.3, -0.25) is 4.79 Å². The van der Waals surface area contributed by atoms with Gasteiger partial charge in [0.05, 0.1) is 26.2 Å². The number of hydrogen-bond acceptors (Lipinski definition) is 10. The van der Waals surface area contributed by atoms with Gasteiger partial charge in [0.2, 0.25) is 5.75 Å². The molecule has 2 aliphatic rings. The molecule has 0 radical (unpaired) electrons. The van der Waals surface area contributed by atoms with Gasteiger partial charge in [-0.15, -0.1) is 0 Å². The summed E-state index contributed by atoms with van der Waals surface area (Å²) >= 11 is 0. The first-order chi connectivity index (χ1) is 27.6. The van der Waals surface area contributed by atoms with Gasteiger partial charge >= 0.3 is 0 Å². The molecule has 2 heterocycles. The van der Waals surface area contributed by atoms with E-state index in [9.17, 15) is 25.5 Å². The maximum Gasteiger partial charge on any atom is 0.200 e. The van der Waals surface area contributed by atoms with Crippen LogP contribution in [0.5, 0.6) is 34.5 Å². The maximum absolute atomic E-state index is 15.1. The van der Waals surface area contributed by atoms with Gasteiger partial charge in [-0.05, 0) is 139 Å². The number of hydrogen-bond donors (Lipinski definition) is 8. The van der Waals surface area contributed by atoms with Gasteiger partial charge in [-0.25, -0.2) is 0 Å². The number of aryl methyl sites for hydroxylation is 2. The average Bonchev–Trinajstić information content (AvgIpc) is 3.89. The minimum atomic E-state index is -1.03.